The lowest BCUT2D eigenvalue weighted by Crippen LogP contribution is -2.04. The van der Waals surface area contributed by atoms with Crippen LogP contribution < -0.4 is 0 Å². The Balaban J connectivity index is 5.31. The smallest absolute Gasteiger partial charge is 0.128 e. The maximum atomic E-state index is 13.4. The second kappa shape index (κ2) is 6.71. The Labute approximate surface area is 90.5 Å². The van der Waals surface area contributed by atoms with Crippen LogP contribution in [0.4, 0.5) is 4.39 Å². The molecule has 0 saturated carbocycles. The minimum Gasteiger partial charge on any atom is -0.300 e. The molecular formula is C13H16FN. The molecule has 0 atom stereocenters. The molecule has 0 bridgehead atoms. The molecule has 0 rings (SSSR count). The molecule has 15 heavy (non-hydrogen) atoms. The van der Waals surface area contributed by atoms with E-state index in [9.17, 15) is 4.39 Å². The van der Waals surface area contributed by atoms with Gasteiger partial charge >= 0.3 is 0 Å². The molecule has 0 unspecified atom stereocenters. The predicted octanol–water partition coefficient (Wildman–Crippen LogP) is 4.12. The highest BCUT2D eigenvalue weighted by Gasteiger charge is 2.11. The quantitative estimate of drug-likeness (QED) is 0.515. The SMILES string of the molecule is C=C/C=C(C(=N)/C(C=C)=C/C)\C(F)=C/C. The molecule has 0 fully saturated rings. The third kappa shape index (κ3) is 3.50. The van der Waals surface area contributed by atoms with Crippen LogP contribution in [0.5, 0.6) is 0 Å². The van der Waals surface area contributed by atoms with E-state index in [1.165, 1.54) is 24.3 Å². The van der Waals surface area contributed by atoms with Crippen molar-refractivity contribution in [2.75, 3.05) is 0 Å². The Bertz CT molecular complexity index is 357. The molecule has 0 aromatic rings. The lowest BCUT2D eigenvalue weighted by molar-refractivity contribution is 0.657. The normalized spacial score (nSPS) is 13.7. The fourth-order valence-electron chi connectivity index (χ4n) is 1.08. The molecule has 0 amide bonds. The van der Waals surface area contributed by atoms with E-state index in [4.69, 9.17) is 5.41 Å². The fourth-order valence-corrected chi connectivity index (χ4v) is 1.08. The van der Waals surface area contributed by atoms with Gasteiger partial charge in [-0.2, -0.15) is 0 Å². The van der Waals surface area contributed by atoms with Crippen molar-refractivity contribution in [3.63, 3.8) is 0 Å². The summed E-state index contributed by atoms with van der Waals surface area (Å²) in [6.45, 7) is 10.4. The van der Waals surface area contributed by atoms with Gasteiger partial charge in [-0.15, -0.1) is 0 Å². The molecule has 0 aliphatic heterocycles. The van der Waals surface area contributed by atoms with E-state index >= 15 is 0 Å². The van der Waals surface area contributed by atoms with E-state index in [0.29, 0.717) is 5.57 Å². The number of rotatable bonds is 5. The highest BCUT2D eigenvalue weighted by Crippen LogP contribution is 2.17. The second-order valence-corrected chi connectivity index (χ2v) is 2.78. The Morgan fingerprint density at radius 1 is 1.20 bits per heavy atom. The number of hydrogen-bond donors (Lipinski definition) is 1. The molecule has 0 aromatic carbocycles. The van der Waals surface area contributed by atoms with Gasteiger partial charge in [0.1, 0.15) is 5.83 Å². The summed E-state index contributed by atoms with van der Waals surface area (Å²) >= 11 is 0. The van der Waals surface area contributed by atoms with Gasteiger partial charge < -0.3 is 0 Å². The Kier molecular flexibility index (Phi) is 5.95. The topological polar surface area (TPSA) is 23.9 Å². The van der Waals surface area contributed by atoms with Crippen LogP contribution in [0.1, 0.15) is 13.8 Å². The third-order valence-corrected chi connectivity index (χ3v) is 1.88. The summed E-state index contributed by atoms with van der Waals surface area (Å²) in [7, 11) is 0. The van der Waals surface area contributed by atoms with Crippen molar-refractivity contribution < 1.29 is 4.39 Å². The summed E-state index contributed by atoms with van der Waals surface area (Å²) in [6.07, 6.45) is 7.51. The average Bonchev–Trinajstić information content (AvgIpc) is 2.26. The zero-order chi connectivity index (χ0) is 11.8. The molecule has 0 aromatic heterocycles. The van der Waals surface area contributed by atoms with Gasteiger partial charge in [-0.05, 0) is 19.4 Å². The molecule has 0 heterocycles. The molecule has 80 valence electrons. The van der Waals surface area contributed by atoms with Crippen LogP contribution in [0.15, 0.2) is 60.5 Å². The molecule has 0 aliphatic rings. The van der Waals surface area contributed by atoms with Crippen molar-refractivity contribution in [3.8, 4) is 0 Å². The highest BCUT2D eigenvalue weighted by atomic mass is 19.1. The van der Waals surface area contributed by atoms with Crippen molar-refractivity contribution >= 4 is 5.71 Å². The van der Waals surface area contributed by atoms with E-state index in [1.807, 2.05) is 0 Å². The first-order chi connectivity index (χ1) is 7.12. The van der Waals surface area contributed by atoms with Crippen molar-refractivity contribution in [3.05, 3.63) is 60.5 Å². The molecule has 0 saturated heterocycles. The fraction of sp³-hybridized carbons (Fsp3) is 0.154. The lowest BCUT2D eigenvalue weighted by atomic mass is 10.0. The number of halogens is 1. The summed E-state index contributed by atoms with van der Waals surface area (Å²) < 4.78 is 13.4. The highest BCUT2D eigenvalue weighted by molar-refractivity contribution is 6.14. The molecule has 1 nitrogen and oxygen atoms in total. The van der Waals surface area contributed by atoms with Gasteiger partial charge in [-0.25, -0.2) is 4.39 Å². The molecule has 1 N–H and O–H groups in total. The second-order valence-electron chi connectivity index (χ2n) is 2.78. The maximum Gasteiger partial charge on any atom is 0.128 e. The lowest BCUT2D eigenvalue weighted by Gasteiger charge is -2.07. The van der Waals surface area contributed by atoms with Gasteiger partial charge in [0.25, 0.3) is 0 Å². The first kappa shape index (κ1) is 13.3. The van der Waals surface area contributed by atoms with Gasteiger partial charge in [0, 0.05) is 5.57 Å². The Morgan fingerprint density at radius 3 is 2.13 bits per heavy atom. The van der Waals surface area contributed by atoms with Crippen LogP contribution in [0, 0.1) is 5.41 Å². The Morgan fingerprint density at radius 2 is 1.80 bits per heavy atom. The minimum atomic E-state index is -0.430. The van der Waals surface area contributed by atoms with Crippen LogP contribution in [-0.2, 0) is 0 Å². The minimum absolute atomic E-state index is 0.114. The average molecular weight is 205 g/mol. The zero-order valence-corrected chi connectivity index (χ0v) is 9.18. The standard InChI is InChI=1S/C13H16FN/c1-5-9-11(12(14)8-4)13(15)10(6-2)7-3/h5-9,15H,1-2H2,3-4H3/b10-7+,11-9+,12-8+,15-13?. The summed E-state index contributed by atoms with van der Waals surface area (Å²) in [5, 5.41) is 7.80. The van der Waals surface area contributed by atoms with E-state index in [-0.39, 0.29) is 11.3 Å². The predicted molar refractivity (Wildman–Crippen MR) is 64.8 cm³/mol. The maximum absolute atomic E-state index is 13.4. The van der Waals surface area contributed by atoms with Gasteiger partial charge in [-0.3, -0.25) is 5.41 Å². The van der Waals surface area contributed by atoms with Gasteiger partial charge in [-0.1, -0.05) is 43.5 Å². The molecular weight excluding hydrogens is 189 g/mol. The van der Waals surface area contributed by atoms with Crippen molar-refractivity contribution in [2.45, 2.75) is 13.8 Å². The van der Waals surface area contributed by atoms with Crippen molar-refractivity contribution in [2.24, 2.45) is 0 Å². The number of nitrogens with one attached hydrogen (secondary N) is 1. The molecule has 2 heteroatoms. The van der Waals surface area contributed by atoms with E-state index in [0.717, 1.165) is 0 Å². The van der Waals surface area contributed by atoms with Crippen LogP contribution in [0.2, 0.25) is 0 Å². The van der Waals surface area contributed by atoms with Crippen molar-refractivity contribution in [1.82, 2.24) is 0 Å². The summed E-state index contributed by atoms with van der Waals surface area (Å²) in [5.74, 6) is -0.430. The van der Waals surface area contributed by atoms with Crippen LogP contribution in [-0.4, -0.2) is 5.71 Å². The van der Waals surface area contributed by atoms with E-state index in [1.54, 1.807) is 19.9 Å². The summed E-state index contributed by atoms with van der Waals surface area (Å²) in [6, 6.07) is 0. The largest absolute Gasteiger partial charge is 0.300 e. The molecule has 0 spiro atoms. The summed E-state index contributed by atoms with van der Waals surface area (Å²) in [5.41, 5.74) is 0.934. The third-order valence-electron chi connectivity index (χ3n) is 1.88. The van der Waals surface area contributed by atoms with Crippen LogP contribution in [0.25, 0.3) is 0 Å². The number of hydrogen-bond acceptors (Lipinski definition) is 1. The van der Waals surface area contributed by atoms with Gasteiger partial charge in [0.05, 0.1) is 5.71 Å². The van der Waals surface area contributed by atoms with Gasteiger partial charge in [0.2, 0.25) is 0 Å². The first-order valence-corrected chi connectivity index (χ1v) is 4.65. The Hall–Kier alpha value is -1.70. The monoisotopic (exact) mass is 205 g/mol. The zero-order valence-electron chi connectivity index (χ0n) is 9.18. The van der Waals surface area contributed by atoms with Crippen LogP contribution in [0.3, 0.4) is 0 Å². The molecule has 0 aliphatic carbocycles. The molecule has 0 radical (unpaired) electrons. The summed E-state index contributed by atoms with van der Waals surface area (Å²) in [4.78, 5) is 0. The van der Waals surface area contributed by atoms with Gasteiger partial charge in [0.15, 0.2) is 0 Å². The van der Waals surface area contributed by atoms with E-state index in [2.05, 4.69) is 13.2 Å². The van der Waals surface area contributed by atoms with Crippen molar-refractivity contribution in [1.29, 1.82) is 5.41 Å². The van der Waals surface area contributed by atoms with Crippen LogP contribution >= 0.6 is 0 Å². The first-order valence-electron chi connectivity index (χ1n) is 4.65. The number of allylic oxidation sites excluding steroid dienone is 8. The van der Waals surface area contributed by atoms with E-state index < -0.39 is 5.83 Å².